The van der Waals surface area contributed by atoms with Crippen molar-refractivity contribution in [2.75, 3.05) is 0 Å². The number of hydrogen-bond acceptors (Lipinski definition) is 6. The van der Waals surface area contributed by atoms with Crippen molar-refractivity contribution in [1.82, 2.24) is 9.36 Å². The Labute approximate surface area is 143 Å². The summed E-state index contributed by atoms with van der Waals surface area (Å²) in [5.74, 6) is 1.35. The zero-order valence-electron chi connectivity index (χ0n) is 12.7. The maximum atomic E-state index is 10.6. The molecule has 0 saturated heterocycles. The predicted octanol–water partition coefficient (Wildman–Crippen LogP) is 3.38. The van der Waals surface area contributed by atoms with Crippen molar-refractivity contribution in [3.8, 4) is 17.1 Å². The minimum Gasteiger partial charge on any atom is -0.489 e. The molecule has 7 heteroatoms. The summed E-state index contributed by atoms with van der Waals surface area (Å²) in [6.07, 6.45) is -0.827. The van der Waals surface area contributed by atoms with Crippen LogP contribution in [0, 0.1) is 0 Å². The molecule has 1 aromatic heterocycles. The minimum atomic E-state index is -0.827. The number of amides is 1. The summed E-state index contributed by atoms with van der Waals surface area (Å²) in [6.45, 7) is 0.551. The fourth-order valence-corrected chi connectivity index (χ4v) is 2.58. The molecule has 0 fully saturated rings. The van der Waals surface area contributed by atoms with Gasteiger partial charge in [-0.2, -0.15) is 4.37 Å². The van der Waals surface area contributed by atoms with Crippen LogP contribution in [-0.4, -0.2) is 15.5 Å². The van der Waals surface area contributed by atoms with Gasteiger partial charge in [-0.1, -0.05) is 30.3 Å². The average Bonchev–Trinajstić information content (AvgIpc) is 3.08. The van der Waals surface area contributed by atoms with E-state index in [9.17, 15) is 4.79 Å². The Bertz CT molecular complexity index is 803. The number of benzene rings is 2. The van der Waals surface area contributed by atoms with E-state index in [0.29, 0.717) is 17.4 Å². The van der Waals surface area contributed by atoms with Crippen LogP contribution in [0.3, 0.4) is 0 Å². The molecule has 2 N–H and O–H groups in total. The summed E-state index contributed by atoms with van der Waals surface area (Å²) in [7, 11) is 0. The molecule has 0 saturated carbocycles. The van der Waals surface area contributed by atoms with Gasteiger partial charge in [0, 0.05) is 5.56 Å². The quantitative estimate of drug-likeness (QED) is 0.742. The second-order valence-corrected chi connectivity index (χ2v) is 5.75. The first-order chi connectivity index (χ1) is 11.7. The Morgan fingerprint density at radius 1 is 1.04 bits per heavy atom. The number of carbonyl (C=O) groups excluding carboxylic acids is 1. The van der Waals surface area contributed by atoms with Gasteiger partial charge in [0.25, 0.3) is 0 Å². The van der Waals surface area contributed by atoms with Crippen LogP contribution in [0.2, 0.25) is 0 Å². The van der Waals surface area contributed by atoms with Gasteiger partial charge in [-0.25, -0.2) is 9.78 Å². The van der Waals surface area contributed by atoms with Gasteiger partial charge in [0.1, 0.15) is 19.0 Å². The van der Waals surface area contributed by atoms with Gasteiger partial charge < -0.3 is 15.2 Å². The molecule has 0 aliphatic rings. The molecule has 0 atom stereocenters. The van der Waals surface area contributed by atoms with Crippen molar-refractivity contribution >= 4 is 17.6 Å². The average molecular weight is 341 g/mol. The van der Waals surface area contributed by atoms with E-state index >= 15 is 0 Å². The van der Waals surface area contributed by atoms with E-state index in [-0.39, 0.29) is 6.61 Å². The number of carbonyl (C=O) groups is 1. The smallest absolute Gasteiger partial charge is 0.404 e. The third-order valence-corrected chi connectivity index (χ3v) is 3.85. The lowest BCUT2D eigenvalue weighted by Crippen LogP contribution is -2.12. The van der Waals surface area contributed by atoms with Gasteiger partial charge in [-0.15, -0.1) is 0 Å². The van der Waals surface area contributed by atoms with E-state index < -0.39 is 6.09 Å². The molecular formula is C17H15N3O3S. The highest BCUT2D eigenvalue weighted by Crippen LogP contribution is 2.22. The molecular weight excluding hydrogens is 326 g/mol. The molecule has 0 unspecified atom stereocenters. The molecule has 0 aliphatic carbocycles. The number of hydrogen-bond donors (Lipinski definition) is 1. The van der Waals surface area contributed by atoms with Crippen LogP contribution in [0.5, 0.6) is 5.75 Å². The number of aromatic nitrogens is 2. The normalized spacial score (nSPS) is 10.3. The van der Waals surface area contributed by atoms with Crippen LogP contribution in [0.1, 0.15) is 10.6 Å². The summed E-state index contributed by atoms with van der Waals surface area (Å²) in [4.78, 5) is 14.9. The molecule has 0 radical (unpaired) electrons. The maximum Gasteiger partial charge on any atom is 0.404 e. The lowest BCUT2D eigenvalue weighted by Gasteiger charge is -2.06. The third kappa shape index (κ3) is 4.30. The summed E-state index contributed by atoms with van der Waals surface area (Å²) < 4.78 is 14.7. The molecule has 0 spiro atoms. The summed E-state index contributed by atoms with van der Waals surface area (Å²) in [5, 5.41) is 0.591. The predicted molar refractivity (Wildman–Crippen MR) is 90.5 cm³/mol. The van der Waals surface area contributed by atoms with E-state index in [1.165, 1.54) is 11.5 Å². The van der Waals surface area contributed by atoms with Gasteiger partial charge in [0.05, 0.1) is 0 Å². The molecule has 122 valence electrons. The lowest BCUT2D eigenvalue weighted by molar-refractivity contribution is 0.150. The Hall–Kier alpha value is -2.93. The van der Waals surface area contributed by atoms with Gasteiger partial charge in [0.2, 0.25) is 0 Å². The number of rotatable bonds is 6. The molecule has 3 rings (SSSR count). The van der Waals surface area contributed by atoms with Gasteiger partial charge in [-0.3, -0.25) is 0 Å². The minimum absolute atomic E-state index is 0.0330. The Morgan fingerprint density at radius 2 is 1.79 bits per heavy atom. The fraction of sp³-hybridized carbons (Fsp3) is 0.118. The second kappa shape index (κ2) is 7.56. The Kier molecular flexibility index (Phi) is 5.02. The number of primary amides is 1. The molecule has 6 nitrogen and oxygen atoms in total. The van der Waals surface area contributed by atoms with Crippen LogP contribution in [0.4, 0.5) is 4.79 Å². The Morgan fingerprint density at radius 3 is 2.50 bits per heavy atom. The first-order valence-corrected chi connectivity index (χ1v) is 8.00. The standard InChI is InChI=1S/C17H15N3O3S/c18-17(21)23-11-15-19-16(20-24-15)13-6-8-14(9-7-13)22-10-12-4-2-1-3-5-12/h1-9H,10-11H2,(H2,18,21). The molecule has 0 aliphatic heterocycles. The van der Waals surface area contributed by atoms with Crippen LogP contribution in [0.25, 0.3) is 11.4 Å². The van der Waals surface area contributed by atoms with E-state index in [0.717, 1.165) is 16.9 Å². The monoisotopic (exact) mass is 341 g/mol. The number of nitrogens with two attached hydrogens (primary N) is 1. The molecule has 24 heavy (non-hydrogen) atoms. The molecule has 3 aromatic rings. The topological polar surface area (TPSA) is 87.3 Å². The summed E-state index contributed by atoms with van der Waals surface area (Å²) >= 11 is 1.17. The van der Waals surface area contributed by atoms with Crippen molar-refractivity contribution in [2.45, 2.75) is 13.2 Å². The van der Waals surface area contributed by atoms with Gasteiger partial charge >= 0.3 is 6.09 Å². The zero-order valence-corrected chi connectivity index (χ0v) is 13.5. The highest BCUT2D eigenvalue weighted by atomic mass is 32.1. The van der Waals surface area contributed by atoms with E-state index in [4.69, 9.17) is 15.2 Å². The first-order valence-electron chi connectivity index (χ1n) is 7.23. The zero-order chi connectivity index (χ0) is 16.8. The largest absolute Gasteiger partial charge is 0.489 e. The third-order valence-electron chi connectivity index (χ3n) is 3.17. The highest BCUT2D eigenvalue weighted by molar-refractivity contribution is 7.05. The molecule has 1 heterocycles. The molecule has 0 bridgehead atoms. The van der Waals surface area contributed by atoms with Gasteiger partial charge in [0.15, 0.2) is 10.8 Å². The lowest BCUT2D eigenvalue weighted by atomic mass is 10.2. The summed E-state index contributed by atoms with van der Waals surface area (Å²) in [5.41, 5.74) is 6.90. The van der Waals surface area contributed by atoms with Crippen LogP contribution in [0.15, 0.2) is 54.6 Å². The fourth-order valence-electron chi connectivity index (χ4n) is 2.00. The first kappa shape index (κ1) is 15.9. The van der Waals surface area contributed by atoms with E-state index in [1.807, 2.05) is 54.6 Å². The van der Waals surface area contributed by atoms with Crippen molar-refractivity contribution in [2.24, 2.45) is 5.73 Å². The van der Waals surface area contributed by atoms with Crippen LogP contribution in [-0.2, 0) is 18.0 Å². The van der Waals surface area contributed by atoms with Crippen molar-refractivity contribution in [1.29, 1.82) is 0 Å². The van der Waals surface area contributed by atoms with E-state index in [2.05, 4.69) is 9.36 Å². The number of ether oxygens (including phenoxy) is 2. The maximum absolute atomic E-state index is 10.6. The molecule has 1 amide bonds. The SMILES string of the molecule is NC(=O)OCc1nc(-c2ccc(OCc3ccccc3)cc2)ns1. The second-order valence-electron chi connectivity index (χ2n) is 4.92. The van der Waals surface area contributed by atoms with Crippen molar-refractivity contribution < 1.29 is 14.3 Å². The molecule has 2 aromatic carbocycles. The highest BCUT2D eigenvalue weighted by Gasteiger charge is 2.08. The van der Waals surface area contributed by atoms with E-state index in [1.54, 1.807) is 0 Å². The van der Waals surface area contributed by atoms with Crippen LogP contribution < -0.4 is 10.5 Å². The van der Waals surface area contributed by atoms with Crippen LogP contribution >= 0.6 is 11.5 Å². The summed E-state index contributed by atoms with van der Waals surface area (Å²) in [6, 6.07) is 17.5. The van der Waals surface area contributed by atoms with Crippen molar-refractivity contribution in [3.05, 3.63) is 65.2 Å². The number of nitrogens with zero attached hydrogens (tertiary/aromatic N) is 2. The van der Waals surface area contributed by atoms with Crippen molar-refractivity contribution in [3.63, 3.8) is 0 Å². The Balaban J connectivity index is 1.61. The van der Waals surface area contributed by atoms with Gasteiger partial charge in [-0.05, 0) is 41.4 Å².